The molecule has 0 unspecified atom stereocenters. The van der Waals surface area contributed by atoms with E-state index in [1.54, 1.807) is 19.1 Å². The van der Waals surface area contributed by atoms with Gasteiger partial charge in [-0.3, -0.25) is 4.79 Å². The Labute approximate surface area is 172 Å². The predicted octanol–water partition coefficient (Wildman–Crippen LogP) is 4.24. The average molecular weight is 424 g/mol. The normalized spacial score (nSPS) is 12.0. The molecule has 0 saturated heterocycles. The van der Waals surface area contributed by atoms with E-state index in [1.165, 1.54) is 21.7 Å². The zero-order valence-electron chi connectivity index (χ0n) is 17.4. The van der Waals surface area contributed by atoms with E-state index in [0.717, 1.165) is 11.4 Å². The summed E-state index contributed by atoms with van der Waals surface area (Å²) >= 11 is 1.39. The van der Waals surface area contributed by atoms with Crippen molar-refractivity contribution in [2.45, 2.75) is 52.9 Å². The van der Waals surface area contributed by atoms with Crippen LogP contribution in [-0.2, 0) is 16.4 Å². The predicted molar refractivity (Wildman–Crippen MR) is 115 cm³/mol. The lowest BCUT2D eigenvalue weighted by Gasteiger charge is -2.20. The number of anilines is 1. The van der Waals surface area contributed by atoms with Crippen molar-refractivity contribution in [2.75, 3.05) is 18.4 Å². The molecule has 2 aromatic rings. The minimum atomic E-state index is -3.60. The Morgan fingerprint density at radius 2 is 1.86 bits per heavy atom. The van der Waals surface area contributed by atoms with Gasteiger partial charge in [-0.2, -0.15) is 4.31 Å². The fraction of sp³-hybridized carbons (Fsp3) is 0.500. The van der Waals surface area contributed by atoms with E-state index in [-0.39, 0.29) is 10.8 Å². The van der Waals surface area contributed by atoms with E-state index in [2.05, 4.69) is 24.1 Å². The first-order valence-electron chi connectivity index (χ1n) is 9.48. The number of benzene rings is 1. The van der Waals surface area contributed by atoms with Crippen LogP contribution in [0.5, 0.6) is 0 Å². The highest BCUT2D eigenvalue weighted by Gasteiger charge is 2.24. The van der Waals surface area contributed by atoms with E-state index < -0.39 is 10.0 Å². The van der Waals surface area contributed by atoms with Gasteiger partial charge in [0.2, 0.25) is 10.0 Å². The number of rotatable bonds is 8. The first-order chi connectivity index (χ1) is 13.1. The van der Waals surface area contributed by atoms with Gasteiger partial charge in [-0.15, -0.1) is 11.3 Å². The van der Waals surface area contributed by atoms with Gasteiger partial charge < -0.3 is 5.32 Å². The second kappa shape index (κ2) is 9.15. The molecule has 0 aliphatic rings. The van der Waals surface area contributed by atoms with Gasteiger partial charge >= 0.3 is 0 Å². The van der Waals surface area contributed by atoms with Gasteiger partial charge in [-0.1, -0.05) is 33.8 Å². The zero-order chi connectivity index (χ0) is 21.1. The van der Waals surface area contributed by atoms with Crippen LogP contribution in [0.4, 0.5) is 5.69 Å². The maximum Gasteiger partial charge on any atom is 0.267 e. The molecular formula is C20H29N3O3S2. The van der Waals surface area contributed by atoms with Crippen molar-refractivity contribution in [1.82, 2.24) is 9.29 Å². The molecule has 0 aliphatic carbocycles. The standard InChI is InChI=1S/C20H29N3O3S2/c1-7-23(8-2)28(25,26)17-12-16(10-9-14(17)5)22-20(24)19-15(6)21-18(27-19)11-13(3)4/h9-10,12-13H,7-8,11H2,1-6H3,(H,22,24). The third-order valence-electron chi connectivity index (χ3n) is 4.40. The number of sulfonamides is 1. The molecule has 1 aromatic carbocycles. The lowest BCUT2D eigenvalue weighted by Crippen LogP contribution is -2.31. The highest BCUT2D eigenvalue weighted by atomic mass is 32.2. The van der Waals surface area contributed by atoms with Crippen LogP contribution in [0.1, 0.15) is 53.6 Å². The third-order valence-corrected chi connectivity index (χ3v) is 7.77. The van der Waals surface area contributed by atoms with Crippen molar-refractivity contribution in [3.05, 3.63) is 39.3 Å². The smallest absolute Gasteiger partial charge is 0.267 e. The number of nitrogens with one attached hydrogen (secondary N) is 1. The van der Waals surface area contributed by atoms with E-state index in [1.807, 2.05) is 20.8 Å². The van der Waals surface area contributed by atoms with Crippen LogP contribution in [-0.4, -0.2) is 36.7 Å². The summed E-state index contributed by atoms with van der Waals surface area (Å²) in [6, 6.07) is 4.97. The number of hydrogen-bond acceptors (Lipinski definition) is 5. The molecule has 6 nitrogen and oxygen atoms in total. The van der Waals surface area contributed by atoms with Crippen LogP contribution in [0.15, 0.2) is 23.1 Å². The molecule has 0 fully saturated rings. The number of hydrogen-bond donors (Lipinski definition) is 1. The Kier molecular flexibility index (Phi) is 7.36. The molecule has 28 heavy (non-hydrogen) atoms. The number of aromatic nitrogens is 1. The van der Waals surface area contributed by atoms with E-state index in [9.17, 15) is 13.2 Å². The number of nitrogens with zero attached hydrogens (tertiary/aromatic N) is 2. The molecule has 1 N–H and O–H groups in total. The first-order valence-corrected chi connectivity index (χ1v) is 11.7. The molecule has 0 saturated carbocycles. The summed E-state index contributed by atoms with van der Waals surface area (Å²) in [7, 11) is -3.60. The maximum absolute atomic E-state index is 12.9. The Morgan fingerprint density at radius 3 is 2.43 bits per heavy atom. The first kappa shape index (κ1) is 22.5. The monoisotopic (exact) mass is 423 g/mol. The van der Waals surface area contributed by atoms with Crippen molar-refractivity contribution < 1.29 is 13.2 Å². The van der Waals surface area contributed by atoms with Crippen LogP contribution in [0.25, 0.3) is 0 Å². The lowest BCUT2D eigenvalue weighted by molar-refractivity contribution is 0.102. The van der Waals surface area contributed by atoms with Crippen LogP contribution < -0.4 is 5.32 Å². The summed E-state index contributed by atoms with van der Waals surface area (Å²) in [5.41, 5.74) is 1.80. The molecule has 1 amide bonds. The Morgan fingerprint density at radius 1 is 1.21 bits per heavy atom. The van der Waals surface area contributed by atoms with Crippen molar-refractivity contribution >= 4 is 33.0 Å². The Hall–Kier alpha value is -1.77. The summed E-state index contributed by atoms with van der Waals surface area (Å²) in [5.74, 6) is 0.200. The van der Waals surface area contributed by atoms with E-state index in [4.69, 9.17) is 0 Å². The van der Waals surface area contributed by atoms with Gasteiger partial charge in [0.1, 0.15) is 4.88 Å². The average Bonchev–Trinajstić information content (AvgIpc) is 2.96. The minimum absolute atomic E-state index is 0.218. The number of carbonyl (C=O) groups is 1. The molecule has 1 heterocycles. The van der Waals surface area contributed by atoms with Crippen molar-refractivity contribution in [1.29, 1.82) is 0 Å². The molecule has 8 heteroatoms. The molecule has 1 aromatic heterocycles. The van der Waals surface area contributed by atoms with Crippen molar-refractivity contribution in [3.8, 4) is 0 Å². The van der Waals surface area contributed by atoms with Crippen LogP contribution in [0, 0.1) is 19.8 Å². The summed E-state index contributed by atoms with van der Waals surface area (Å²) in [4.78, 5) is 18.0. The number of aryl methyl sites for hydroxylation is 2. The highest BCUT2D eigenvalue weighted by molar-refractivity contribution is 7.89. The van der Waals surface area contributed by atoms with Gasteiger partial charge in [-0.25, -0.2) is 13.4 Å². The molecule has 0 bridgehead atoms. The van der Waals surface area contributed by atoms with E-state index in [0.29, 0.717) is 40.8 Å². The third kappa shape index (κ3) is 4.98. The van der Waals surface area contributed by atoms with Gasteiger partial charge in [0.05, 0.1) is 15.6 Å². The largest absolute Gasteiger partial charge is 0.321 e. The number of carbonyl (C=O) groups excluding carboxylic acids is 1. The van der Waals surface area contributed by atoms with E-state index >= 15 is 0 Å². The highest BCUT2D eigenvalue weighted by Crippen LogP contribution is 2.26. The van der Waals surface area contributed by atoms with Crippen LogP contribution >= 0.6 is 11.3 Å². The Bertz CT molecular complexity index is 946. The molecule has 154 valence electrons. The summed E-state index contributed by atoms with van der Waals surface area (Å²) in [6.45, 7) is 12.2. The second-order valence-electron chi connectivity index (χ2n) is 7.14. The van der Waals surface area contributed by atoms with Crippen molar-refractivity contribution in [2.24, 2.45) is 5.92 Å². The molecule has 0 radical (unpaired) electrons. The molecule has 0 aliphatic heterocycles. The molecule has 0 atom stereocenters. The molecule has 2 rings (SSSR count). The summed E-state index contributed by atoms with van der Waals surface area (Å²) < 4.78 is 27.2. The minimum Gasteiger partial charge on any atom is -0.321 e. The fourth-order valence-electron chi connectivity index (χ4n) is 2.95. The fourth-order valence-corrected chi connectivity index (χ4v) is 5.83. The quantitative estimate of drug-likeness (QED) is 0.689. The maximum atomic E-state index is 12.9. The SMILES string of the molecule is CCN(CC)S(=O)(=O)c1cc(NC(=O)c2sc(CC(C)C)nc2C)ccc1C. The van der Waals surface area contributed by atoms with Gasteiger partial charge in [0, 0.05) is 25.2 Å². The topological polar surface area (TPSA) is 79.4 Å². The lowest BCUT2D eigenvalue weighted by atomic mass is 10.1. The zero-order valence-corrected chi connectivity index (χ0v) is 19.0. The number of amides is 1. The van der Waals surface area contributed by atoms with Crippen molar-refractivity contribution in [3.63, 3.8) is 0 Å². The summed E-state index contributed by atoms with van der Waals surface area (Å²) in [5, 5.41) is 3.77. The second-order valence-corrected chi connectivity index (χ2v) is 10.1. The molecular weight excluding hydrogens is 394 g/mol. The van der Waals surface area contributed by atoms with Gasteiger partial charge in [0.25, 0.3) is 5.91 Å². The Balaban J connectivity index is 2.31. The van der Waals surface area contributed by atoms with Gasteiger partial charge in [-0.05, 0) is 37.5 Å². The molecule has 0 spiro atoms. The van der Waals surface area contributed by atoms with Gasteiger partial charge in [0.15, 0.2) is 0 Å². The van der Waals surface area contributed by atoms with Crippen LogP contribution in [0.2, 0.25) is 0 Å². The number of thiazole rings is 1. The van der Waals surface area contributed by atoms with Crippen LogP contribution in [0.3, 0.4) is 0 Å². The summed E-state index contributed by atoms with van der Waals surface area (Å²) in [6.07, 6.45) is 0.829.